The molecule has 7 nitrogen and oxygen atoms in total. The number of aromatic nitrogens is 1. The number of carbonyl (C=O) groups is 1. The maximum atomic E-state index is 14.4. The van der Waals surface area contributed by atoms with Gasteiger partial charge in [-0.1, -0.05) is 63.1 Å². The van der Waals surface area contributed by atoms with Crippen LogP contribution in [0.1, 0.15) is 36.6 Å². The summed E-state index contributed by atoms with van der Waals surface area (Å²) in [6.45, 7) is 3.76. The summed E-state index contributed by atoms with van der Waals surface area (Å²) < 4.78 is 63.0. The Balaban J connectivity index is 1.64. The van der Waals surface area contributed by atoms with Crippen LogP contribution in [-0.4, -0.2) is 29.9 Å². The largest absolute Gasteiger partial charge is 0.490 e. The van der Waals surface area contributed by atoms with Gasteiger partial charge in [0.05, 0.1) is 32.9 Å². The summed E-state index contributed by atoms with van der Waals surface area (Å²) in [4.78, 5) is 30.6. The van der Waals surface area contributed by atoms with Crippen LogP contribution < -0.4 is 24.4 Å². The minimum atomic E-state index is -5.00. The number of ether oxygens (including phenoxy) is 3. The molecule has 0 amide bonds. The number of hydrogen-bond acceptors (Lipinski definition) is 7. The number of halogens is 6. The van der Waals surface area contributed by atoms with Crippen molar-refractivity contribution in [3.63, 3.8) is 0 Å². The number of thiazole rings is 1. The lowest BCUT2D eigenvalue weighted by Crippen LogP contribution is -2.41. The third-order valence-electron chi connectivity index (χ3n) is 6.71. The molecule has 0 spiro atoms. The molecule has 1 aromatic heterocycles. The van der Waals surface area contributed by atoms with Gasteiger partial charge in [0.25, 0.3) is 5.56 Å². The second kappa shape index (κ2) is 14.3. The minimum Gasteiger partial charge on any atom is -0.490 e. The number of allylic oxidation sites excluding steroid dienone is 1. The fraction of sp³-hybridized carbons (Fsp3) is 0.219. The summed E-state index contributed by atoms with van der Waals surface area (Å²) in [6.07, 6.45) is -3.45. The monoisotopic (exact) mass is 846 g/mol. The predicted octanol–water partition coefficient (Wildman–Crippen LogP) is 7.34. The van der Waals surface area contributed by atoms with Crippen molar-refractivity contribution in [2.24, 2.45) is 4.99 Å². The van der Waals surface area contributed by atoms with Crippen LogP contribution in [0.15, 0.2) is 86.2 Å². The van der Waals surface area contributed by atoms with Crippen molar-refractivity contribution < 1.29 is 32.2 Å². The maximum Gasteiger partial charge on any atom is 0.434 e. The summed E-state index contributed by atoms with van der Waals surface area (Å²) in [7, 11) is 0. The van der Waals surface area contributed by atoms with E-state index in [1.807, 2.05) is 31.2 Å². The Bertz CT molecular complexity index is 1990. The maximum absolute atomic E-state index is 14.4. The average Bonchev–Trinajstić information content (AvgIpc) is 3.31. The van der Waals surface area contributed by atoms with Crippen LogP contribution >= 0.6 is 61.5 Å². The third kappa shape index (κ3) is 7.37. The minimum absolute atomic E-state index is 0.103. The molecule has 0 N–H and O–H groups in total. The Labute approximate surface area is 292 Å². The highest BCUT2D eigenvalue weighted by Gasteiger charge is 2.45. The van der Waals surface area contributed by atoms with E-state index >= 15 is 0 Å². The molecule has 4 aromatic rings. The van der Waals surface area contributed by atoms with Crippen LogP contribution in [0.25, 0.3) is 6.08 Å². The van der Waals surface area contributed by atoms with Crippen LogP contribution in [-0.2, 0) is 16.1 Å². The van der Waals surface area contributed by atoms with Gasteiger partial charge in [0.15, 0.2) is 22.0 Å². The lowest BCUT2D eigenvalue weighted by Gasteiger charge is -2.26. The summed E-state index contributed by atoms with van der Waals surface area (Å²) in [6, 6.07) is 15.6. The Morgan fingerprint density at radius 3 is 2.41 bits per heavy atom. The van der Waals surface area contributed by atoms with Gasteiger partial charge in [-0.25, -0.2) is 9.79 Å². The zero-order valence-electron chi connectivity index (χ0n) is 24.2. The van der Waals surface area contributed by atoms with Gasteiger partial charge in [-0.3, -0.25) is 9.36 Å². The summed E-state index contributed by atoms with van der Waals surface area (Å²) in [5, 5.41) is 0.331. The Morgan fingerprint density at radius 2 is 1.78 bits per heavy atom. The number of benzene rings is 3. The van der Waals surface area contributed by atoms with E-state index in [0.29, 0.717) is 32.3 Å². The first-order valence-corrected chi connectivity index (χ1v) is 16.9. The summed E-state index contributed by atoms with van der Waals surface area (Å²) in [5.41, 5.74) is -1.09. The fourth-order valence-corrected chi connectivity index (χ4v) is 6.94. The van der Waals surface area contributed by atoms with E-state index in [2.05, 4.69) is 43.5 Å². The molecule has 14 heteroatoms. The van der Waals surface area contributed by atoms with Crippen LogP contribution in [0.2, 0.25) is 5.02 Å². The molecule has 2 heterocycles. The molecule has 0 saturated heterocycles. The summed E-state index contributed by atoms with van der Waals surface area (Å²) >= 11 is 12.3. The average molecular weight is 848 g/mol. The van der Waals surface area contributed by atoms with Gasteiger partial charge in [0.2, 0.25) is 0 Å². The van der Waals surface area contributed by atoms with Gasteiger partial charge < -0.3 is 14.2 Å². The molecular formula is C32H24BrClF3IN2O5S. The molecule has 5 rings (SSSR count). The van der Waals surface area contributed by atoms with Crippen molar-refractivity contribution >= 4 is 73.5 Å². The van der Waals surface area contributed by atoms with E-state index in [9.17, 15) is 22.8 Å². The highest BCUT2D eigenvalue weighted by molar-refractivity contribution is 14.1. The fourth-order valence-electron chi connectivity index (χ4n) is 4.76. The first-order chi connectivity index (χ1) is 21.9. The van der Waals surface area contributed by atoms with E-state index in [-0.39, 0.29) is 28.1 Å². The van der Waals surface area contributed by atoms with E-state index < -0.39 is 35.0 Å². The van der Waals surface area contributed by atoms with Gasteiger partial charge in [-0.05, 0) is 95.6 Å². The van der Waals surface area contributed by atoms with Crippen molar-refractivity contribution in [2.45, 2.75) is 32.7 Å². The molecule has 3 aromatic carbocycles. The molecule has 1 atom stereocenters. The molecule has 0 aliphatic carbocycles. The Hall–Kier alpha value is -3.14. The highest BCUT2D eigenvalue weighted by Crippen LogP contribution is 2.39. The lowest BCUT2D eigenvalue weighted by molar-refractivity contribution is -0.140. The molecule has 0 radical (unpaired) electrons. The van der Waals surface area contributed by atoms with E-state index in [1.165, 1.54) is 31.2 Å². The molecule has 0 unspecified atom stereocenters. The second-order valence-corrected chi connectivity index (χ2v) is 13.3. The quantitative estimate of drug-likeness (QED) is 0.130. The molecule has 1 aliphatic heterocycles. The van der Waals surface area contributed by atoms with Crippen molar-refractivity contribution in [3.8, 4) is 11.5 Å². The zero-order valence-corrected chi connectivity index (χ0v) is 29.5. The first-order valence-electron chi connectivity index (χ1n) is 13.8. The zero-order chi connectivity index (χ0) is 33.2. The Morgan fingerprint density at radius 1 is 1.09 bits per heavy atom. The molecule has 240 valence electrons. The topological polar surface area (TPSA) is 79.1 Å². The number of alkyl halides is 3. The number of rotatable bonds is 9. The van der Waals surface area contributed by atoms with Crippen molar-refractivity contribution in [1.29, 1.82) is 0 Å². The first kappa shape index (κ1) is 34.2. The molecule has 0 saturated carbocycles. The smallest absolute Gasteiger partial charge is 0.434 e. The predicted molar refractivity (Wildman–Crippen MR) is 181 cm³/mol. The van der Waals surface area contributed by atoms with Crippen LogP contribution in [0.3, 0.4) is 0 Å². The second-order valence-electron chi connectivity index (χ2n) is 9.79. The van der Waals surface area contributed by atoms with Crippen LogP contribution in [0.5, 0.6) is 11.5 Å². The van der Waals surface area contributed by atoms with Gasteiger partial charge >= 0.3 is 12.1 Å². The molecule has 1 aliphatic rings. The number of nitrogens with zero attached hydrogens (tertiary/aromatic N) is 2. The standard InChI is InChI=1S/C32H24BrClF3IN2O5S/c1-3-43-23-14-18(13-22(38)27(23)45-16-17-5-9-20(33)10-6-17)15-24-29(41)40-26(19-7-11-21(34)12-8-19)25(30(42)44-4-2)28(32(35,36)37)39-31(40)46-24/h5-15,26H,3-4,16H2,1-2H3/b24-15-/t26-/m0/s1. The van der Waals surface area contributed by atoms with E-state index in [4.69, 9.17) is 25.8 Å². The molecule has 0 bridgehead atoms. The third-order valence-corrected chi connectivity index (χ3v) is 9.27. The van der Waals surface area contributed by atoms with E-state index in [1.54, 1.807) is 18.2 Å². The Kier molecular flexibility index (Phi) is 10.6. The molecular weight excluding hydrogens is 824 g/mol. The van der Waals surface area contributed by atoms with Gasteiger partial charge in [-0.15, -0.1) is 0 Å². The molecule has 46 heavy (non-hydrogen) atoms. The van der Waals surface area contributed by atoms with Crippen molar-refractivity contribution in [2.75, 3.05) is 13.2 Å². The highest BCUT2D eigenvalue weighted by atomic mass is 127. The number of carbonyl (C=O) groups excluding carboxylic acids is 1. The van der Waals surface area contributed by atoms with Gasteiger partial charge in [0.1, 0.15) is 6.61 Å². The number of esters is 1. The lowest BCUT2D eigenvalue weighted by atomic mass is 9.95. The van der Waals surface area contributed by atoms with Crippen molar-refractivity contribution in [1.82, 2.24) is 4.57 Å². The molecule has 0 fully saturated rings. The van der Waals surface area contributed by atoms with Gasteiger partial charge in [-0.2, -0.15) is 13.2 Å². The van der Waals surface area contributed by atoms with Crippen molar-refractivity contribution in [3.05, 3.63) is 121 Å². The normalized spacial score (nSPS) is 15.0. The number of fused-ring (bicyclic) bond motifs is 1. The SMILES string of the molecule is CCOC(=O)C1=C(C(F)(F)F)N=c2s/c(=C\c3cc(I)c(OCc4ccc(Br)cc4)c(OCC)c3)c(=O)n2[C@H]1c1ccc(Cl)cc1. The van der Waals surface area contributed by atoms with E-state index in [0.717, 1.165) is 25.9 Å². The van der Waals surface area contributed by atoms with Crippen LogP contribution in [0.4, 0.5) is 13.2 Å². The number of hydrogen-bond donors (Lipinski definition) is 0. The van der Waals surface area contributed by atoms with Crippen LogP contribution in [0, 0.1) is 3.57 Å². The summed E-state index contributed by atoms with van der Waals surface area (Å²) in [5.74, 6) is -0.267. The van der Waals surface area contributed by atoms with Gasteiger partial charge in [0, 0.05) is 9.50 Å².